The van der Waals surface area contributed by atoms with Crippen LogP contribution in [0.15, 0.2) is 72.8 Å². The number of fused-ring (bicyclic) bond motifs is 1. The van der Waals surface area contributed by atoms with Gasteiger partial charge in [0.1, 0.15) is 24.1 Å². The summed E-state index contributed by atoms with van der Waals surface area (Å²) in [4.78, 5) is 20.6. The van der Waals surface area contributed by atoms with E-state index in [-0.39, 0.29) is 41.6 Å². The maximum Gasteiger partial charge on any atom is 0.335 e. The van der Waals surface area contributed by atoms with Gasteiger partial charge in [-0.2, -0.15) is 5.26 Å². The highest BCUT2D eigenvalue weighted by Gasteiger charge is 2.29. The van der Waals surface area contributed by atoms with Crippen LogP contribution in [-0.2, 0) is 13.0 Å². The summed E-state index contributed by atoms with van der Waals surface area (Å²) in [6, 6.07) is 21.1. The van der Waals surface area contributed by atoms with Crippen LogP contribution in [0.2, 0.25) is 0 Å². The Hall–Kier alpha value is -5.10. The molecular formula is C31H22F2N4O3. The lowest BCUT2D eigenvalue weighted by molar-refractivity contribution is 0.0697. The number of carboxylic acid groups (broad SMARTS) is 1. The molecular weight excluding hydrogens is 514 g/mol. The third kappa shape index (κ3) is 4.99. The molecule has 5 aromatic rings. The molecule has 40 heavy (non-hydrogen) atoms. The van der Waals surface area contributed by atoms with E-state index in [4.69, 9.17) is 15.0 Å². The number of aromatic carboxylic acids is 1. The second-order valence-electron chi connectivity index (χ2n) is 9.69. The fraction of sp³-hybridized carbons (Fsp3) is 0.161. The minimum atomic E-state index is -1.00. The fourth-order valence-electron chi connectivity index (χ4n) is 4.70. The van der Waals surface area contributed by atoms with E-state index in [1.54, 1.807) is 42.5 Å². The van der Waals surface area contributed by atoms with Crippen LogP contribution >= 0.6 is 0 Å². The van der Waals surface area contributed by atoms with Gasteiger partial charge in [0, 0.05) is 29.7 Å². The maximum absolute atomic E-state index is 15.3. The number of ether oxygens (including phenoxy) is 1. The maximum atomic E-state index is 15.3. The van der Waals surface area contributed by atoms with Crippen LogP contribution in [0.3, 0.4) is 0 Å². The van der Waals surface area contributed by atoms with Crippen LogP contribution in [0.25, 0.3) is 22.3 Å². The molecule has 2 heterocycles. The molecule has 0 saturated heterocycles. The minimum absolute atomic E-state index is 0.0722. The van der Waals surface area contributed by atoms with Crippen molar-refractivity contribution in [3.8, 4) is 23.2 Å². The summed E-state index contributed by atoms with van der Waals surface area (Å²) >= 11 is 0. The molecule has 0 bridgehead atoms. The normalized spacial score (nSPS) is 12.8. The number of carboxylic acids is 1. The fourth-order valence-corrected chi connectivity index (χ4v) is 4.70. The first-order valence-electron chi connectivity index (χ1n) is 12.7. The molecule has 3 aromatic carbocycles. The Bertz CT molecular complexity index is 1820. The Balaban J connectivity index is 1.22. The van der Waals surface area contributed by atoms with Gasteiger partial charge in [-0.05, 0) is 60.9 Å². The Labute approximate surface area is 227 Å². The summed E-state index contributed by atoms with van der Waals surface area (Å²) in [6.07, 6.45) is 2.20. The van der Waals surface area contributed by atoms with Crippen molar-refractivity contribution in [3.05, 3.63) is 113 Å². The molecule has 1 fully saturated rings. The van der Waals surface area contributed by atoms with E-state index in [9.17, 15) is 14.3 Å². The lowest BCUT2D eigenvalue weighted by Crippen LogP contribution is -2.05. The van der Waals surface area contributed by atoms with Gasteiger partial charge in [0.05, 0.1) is 33.9 Å². The number of hydrogen-bond donors (Lipinski definition) is 1. The molecule has 2 aromatic heterocycles. The van der Waals surface area contributed by atoms with Crippen molar-refractivity contribution in [2.75, 3.05) is 0 Å². The number of halogens is 2. The molecule has 7 nitrogen and oxygen atoms in total. The van der Waals surface area contributed by atoms with Crippen LogP contribution in [0.4, 0.5) is 8.78 Å². The Kier molecular flexibility index (Phi) is 6.44. The van der Waals surface area contributed by atoms with Crippen molar-refractivity contribution in [2.24, 2.45) is 0 Å². The molecule has 0 aliphatic heterocycles. The first kappa shape index (κ1) is 25.2. The minimum Gasteiger partial charge on any atom is -0.478 e. The number of rotatable bonds is 8. The summed E-state index contributed by atoms with van der Waals surface area (Å²) in [5, 5.41) is 18.3. The molecule has 0 atom stereocenters. The van der Waals surface area contributed by atoms with Gasteiger partial charge in [0.25, 0.3) is 0 Å². The van der Waals surface area contributed by atoms with E-state index >= 15 is 4.39 Å². The van der Waals surface area contributed by atoms with Gasteiger partial charge < -0.3 is 14.4 Å². The smallest absolute Gasteiger partial charge is 0.335 e. The van der Waals surface area contributed by atoms with Crippen LogP contribution in [0.5, 0.6) is 5.88 Å². The van der Waals surface area contributed by atoms with Crippen LogP contribution < -0.4 is 4.74 Å². The van der Waals surface area contributed by atoms with E-state index in [0.29, 0.717) is 28.2 Å². The van der Waals surface area contributed by atoms with E-state index in [1.165, 1.54) is 24.3 Å². The molecule has 1 N–H and O–H groups in total. The average molecular weight is 537 g/mol. The van der Waals surface area contributed by atoms with Crippen molar-refractivity contribution >= 4 is 17.0 Å². The second-order valence-corrected chi connectivity index (χ2v) is 9.69. The molecule has 0 amide bonds. The lowest BCUT2D eigenvalue weighted by atomic mass is 10.1. The first-order chi connectivity index (χ1) is 19.4. The number of aromatic nitrogens is 3. The molecule has 1 aliphatic rings. The summed E-state index contributed by atoms with van der Waals surface area (Å²) in [6.45, 7) is -0.0722. The average Bonchev–Trinajstić information content (AvgIpc) is 3.73. The number of imidazole rings is 1. The van der Waals surface area contributed by atoms with E-state index in [0.717, 1.165) is 24.4 Å². The largest absolute Gasteiger partial charge is 0.478 e. The number of benzene rings is 3. The number of carbonyl (C=O) groups is 1. The molecule has 0 radical (unpaired) electrons. The van der Waals surface area contributed by atoms with Gasteiger partial charge >= 0.3 is 5.97 Å². The summed E-state index contributed by atoms with van der Waals surface area (Å²) < 4.78 is 37.2. The van der Waals surface area contributed by atoms with Crippen LogP contribution in [0, 0.1) is 23.0 Å². The highest BCUT2D eigenvalue weighted by atomic mass is 19.1. The van der Waals surface area contributed by atoms with E-state index in [2.05, 4.69) is 4.98 Å². The van der Waals surface area contributed by atoms with Gasteiger partial charge in [0.15, 0.2) is 0 Å². The van der Waals surface area contributed by atoms with E-state index < -0.39 is 17.6 Å². The Morgan fingerprint density at radius 1 is 1.00 bits per heavy atom. The number of nitriles is 1. The molecule has 6 rings (SSSR count). The molecule has 1 aliphatic carbocycles. The number of pyridine rings is 1. The second kappa shape index (κ2) is 10.2. The standard InChI is InChI=1S/C31H22F2N4O3/c32-24-12-18(16-34)4-5-22(24)17-40-30-3-1-2-26(36-30)20-7-6-19(25(33)13-20)15-29-35-27-11-8-21(31(38)39)14-28(27)37(29)23-9-10-23/h1-8,11-14,23H,9-10,15,17H2,(H,38,39). The SMILES string of the molecule is N#Cc1ccc(COc2cccc(-c3ccc(Cc4nc5ccc(C(=O)O)cc5n4C4CC4)c(F)c3)n2)c(F)c1. The zero-order valence-corrected chi connectivity index (χ0v) is 21.1. The third-order valence-corrected chi connectivity index (χ3v) is 6.90. The molecule has 198 valence electrons. The Morgan fingerprint density at radius 3 is 2.52 bits per heavy atom. The summed E-state index contributed by atoms with van der Waals surface area (Å²) in [7, 11) is 0. The first-order valence-corrected chi connectivity index (χ1v) is 12.7. The molecule has 1 saturated carbocycles. The lowest BCUT2D eigenvalue weighted by Gasteiger charge is -2.11. The summed E-state index contributed by atoms with van der Waals surface area (Å²) in [5.74, 6) is -1.01. The molecule has 0 spiro atoms. The number of nitrogens with zero attached hydrogens (tertiary/aromatic N) is 4. The van der Waals surface area contributed by atoms with Crippen molar-refractivity contribution in [1.82, 2.24) is 14.5 Å². The number of hydrogen-bond acceptors (Lipinski definition) is 5. The van der Waals surface area contributed by atoms with Gasteiger partial charge in [-0.15, -0.1) is 0 Å². The monoisotopic (exact) mass is 536 g/mol. The van der Waals surface area contributed by atoms with Gasteiger partial charge in [-0.25, -0.2) is 23.5 Å². The molecule has 9 heteroatoms. The van der Waals surface area contributed by atoms with Crippen molar-refractivity contribution in [3.63, 3.8) is 0 Å². The van der Waals surface area contributed by atoms with Crippen molar-refractivity contribution in [1.29, 1.82) is 5.26 Å². The third-order valence-electron chi connectivity index (χ3n) is 6.90. The molecule has 0 unspecified atom stereocenters. The van der Waals surface area contributed by atoms with Gasteiger partial charge in [0.2, 0.25) is 5.88 Å². The summed E-state index contributed by atoms with van der Waals surface area (Å²) in [5.41, 5.74) is 3.65. The topological polar surface area (TPSA) is 101 Å². The quantitative estimate of drug-likeness (QED) is 0.245. The van der Waals surface area contributed by atoms with E-state index in [1.807, 2.05) is 10.6 Å². The highest BCUT2D eigenvalue weighted by Crippen LogP contribution is 2.39. The van der Waals surface area contributed by atoms with Crippen LogP contribution in [-0.4, -0.2) is 25.6 Å². The van der Waals surface area contributed by atoms with Gasteiger partial charge in [-0.1, -0.05) is 24.3 Å². The predicted molar refractivity (Wildman–Crippen MR) is 143 cm³/mol. The zero-order valence-electron chi connectivity index (χ0n) is 21.1. The van der Waals surface area contributed by atoms with Crippen molar-refractivity contribution < 1.29 is 23.4 Å². The predicted octanol–water partition coefficient (Wildman–Crippen LogP) is 6.45. The van der Waals surface area contributed by atoms with Crippen LogP contribution in [0.1, 0.15) is 51.8 Å². The van der Waals surface area contributed by atoms with Gasteiger partial charge in [-0.3, -0.25) is 0 Å². The Morgan fingerprint density at radius 2 is 1.80 bits per heavy atom. The zero-order chi connectivity index (χ0) is 27.8. The van der Waals surface area contributed by atoms with Crippen molar-refractivity contribution in [2.45, 2.75) is 31.9 Å². The highest BCUT2D eigenvalue weighted by molar-refractivity contribution is 5.92.